The molecule has 1 aromatic rings. The predicted molar refractivity (Wildman–Crippen MR) is 93.9 cm³/mol. The van der Waals surface area contributed by atoms with Gasteiger partial charge in [0.15, 0.2) is 11.5 Å². The van der Waals surface area contributed by atoms with Gasteiger partial charge in [0.2, 0.25) is 6.79 Å². The molecule has 0 saturated heterocycles. The van der Waals surface area contributed by atoms with Crippen molar-refractivity contribution in [2.45, 2.75) is 46.6 Å². The fourth-order valence-corrected chi connectivity index (χ4v) is 2.63. The van der Waals surface area contributed by atoms with Crippen molar-refractivity contribution in [3.8, 4) is 11.5 Å². The third kappa shape index (κ3) is 5.44. The summed E-state index contributed by atoms with van der Waals surface area (Å²) < 4.78 is 15.2. The average molecular weight is 330 g/mol. The number of rotatable bonds is 3. The Morgan fingerprint density at radius 2 is 2.04 bits per heavy atom. The van der Waals surface area contributed by atoms with Gasteiger partial charge >= 0.3 is 5.97 Å². The van der Waals surface area contributed by atoms with Gasteiger partial charge in [-0.1, -0.05) is 29.9 Å². The summed E-state index contributed by atoms with van der Waals surface area (Å²) in [5.41, 5.74) is 3.80. The molecule has 0 N–H and O–H groups in total. The molecule has 1 aliphatic heterocycles. The molecule has 0 fully saturated rings. The summed E-state index contributed by atoms with van der Waals surface area (Å²) in [7, 11) is 0. The van der Waals surface area contributed by atoms with E-state index in [1.165, 1.54) is 31.8 Å². The zero-order valence-electron chi connectivity index (χ0n) is 14.8. The molecule has 0 saturated carbocycles. The van der Waals surface area contributed by atoms with Crippen LogP contribution in [0.4, 0.5) is 0 Å². The number of benzene rings is 1. The summed E-state index contributed by atoms with van der Waals surface area (Å²) in [5, 5.41) is 0. The molecule has 1 atom stereocenters. The van der Waals surface area contributed by atoms with Crippen LogP contribution < -0.4 is 9.47 Å². The minimum Gasteiger partial charge on any atom is -0.461 e. The topological polar surface area (TPSA) is 44.8 Å². The number of allylic oxidation sites excluding steroid dienone is 3. The van der Waals surface area contributed by atoms with Crippen LogP contribution in [0.2, 0.25) is 0 Å². The average Bonchev–Trinajstić information content (AvgIpc) is 3.01. The minimum atomic E-state index is -0.289. The molecule has 1 unspecified atom stereocenters. The van der Waals surface area contributed by atoms with E-state index >= 15 is 0 Å². The van der Waals surface area contributed by atoms with E-state index < -0.39 is 0 Å². The Bertz CT molecular complexity index is 631. The van der Waals surface area contributed by atoms with Crippen molar-refractivity contribution in [3.05, 3.63) is 47.6 Å². The van der Waals surface area contributed by atoms with Gasteiger partial charge in [-0.25, -0.2) is 0 Å². The van der Waals surface area contributed by atoms with Gasteiger partial charge in [0.1, 0.15) is 6.61 Å². The Morgan fingerprint density at radius 3 is 2.67 bits per heavy atom. The molecule has 0 spiro atoms. The van der Waals surface area contributed by atoms with Crippen molar-refractivity contribution in [1.82, 2.24) is 0 Å². The first-order valence-corrected chi connectivity index (χ1v) is 8.28. The Labute approximate surface area is 144 Å². The number of fused-ring (bicyclic) bond motifs is 1. The molecule has 4 heteroatoms. The number of carbonyl (C=O) groups is 1. The largest absolute Gasteiger partial charge is 0.461 e. The van der Waals surface area contributed by atoms with Crippen molar-refractivity contribution in [2.24, 2.45) is 5.92 Å². The van der Waals surface area contributed by atoms with E-state index in [0.717, 1.165) is 17.2 Å². The zero-order valence-corrected chi connectivity index (χ0v) is 14.8. The first-order chi connectivity index (χ1) is 11.5. The van der Waals surface area contributed by atoms with Gasteiger partial charge < -0.3 is 14.2 Å². The number of ether oxygens (including phenoxy) is 3. The predicted octanol–water partition coefficient (Wildman–Crippen LogP) is 4.79. The van der Waals surface area contributed by atoms with E-state index in [0.29, 0.717) is 5.75 Å². The molecule has 1 heterocycles. The standard InChI is InChI=1S/C10H10O4.C10H16/c1-7(11)12-5-8-2-3-9-10(4-8)14-6-13-9;1-8(2)10-6-4-9(3)5-7-10/h2-4H,5-6H2,1H3;4,10H,1,5-7H2,2-3H3. The summed E-state index contributed by atoms with van der Waals surface area (Å²) in [6.45, 7) is 10.2. The molecular weight excluding hydrogens is 304 g/mol. The zero-order chi connectivity index (χ0) is 17.5. The van der Waals surface area contributed by atoms with E-state index in [9.17, 15) is 4.79 Å². The van der Waals surface area contributed by atoms with Crippen LogP contribution in [0.3, 0.4) is 0 Å². The summed E-state index contributed by atoms with van der Waals surface area (Å²) in [6, 6.07) is 5.46. The molecular formula is C20H26O4. The molecule has 1 aliphatic carbocycles. The first-order valence-electron chi connectivity index (χ1n) is 8.28. The molecule has 0 bridgehead atoms. The lowest BCUT2D eigenvalue weighted by Gasteiger charge is -2.19. The molecule has 0 radical (unpaired) electrons. The highest BCUT2D eigenvalue weighted by molar-refractivity contribution is 5.66. The molecule has 130 valence electrons. The molecule has 0 aromatic heterocycles. The Hall–Kier alpha value is -2.23. The van der Waals surface area contributed by atoms with Crippen molar-refractivity contribution in [1.29, 1.82) is 0 Å². The van der Waals surface area contributed by atoms with E-state index in [4.69, 9.17) is 14.2 Å². The Kier molecular flexibility index (Phi) is 6.47. The van der Waals surface area contributed by atoms with Crippen molar-refractivity contribution < 1.29 is 19.0 Å². The van der Waals surface area contributed by atoms with Crippen molar-refractivity contribution in [2.75, 3.05) is 6.79 Å². The molecule has 2 aliphatic rings. The Morgan fingerprint density at radius 1 is 1.29 bits per heavy atom. The molecule has 24 heavy (non-hydrogen) atoms. The number of carbonyl (C=O) groups excluding carboxylic acids is 1. The van der Waals surface area contributed by atoms with Gasteiger partial charge in [-0.3, -0.25) is 4.79 Å². The second kappa shape index (κ2) is 8.57. The maximum Gasteiger partial charge on any atom is 0.302 e. The molecule has 1 aromatic carbocycles. The number of hydrogen-bond acceptors (Lipinski definition) is 4. The highest BCUT2D eigenvalue weighted by atomic mass is 16.7. The smallest absolute Gasteiger partial charge is 0.302 e. The number of hydrogen-bond donors (Lipinski definition) is 0. The second-order valence-electron chi connectivity index (χ2n) is 6.34. The van der Waals surface area contributed by atoms with Gasteiger partial charge in [0.25, 0.3) is 0 Å². The lowest BCUT2D eigenvalue weighted by atomic mass is 9.86. The van der Waals surface area contributed by atoms with Gasteiger partial charge in [-0.05, 0) is 56.7 Å². The number of esters is 1. The normalized spacial score (nSPS) is 18.1. The molecule has 3 rings (SSSR count). The second-order valence-corrected chi connectivity index (χ2v) is 6.34. The summed E-state index contributed by atoms with van der Waals surface area (Å²) in [6.07, 6.45) is 6.17. The van der Waals surface area contributed by atoms with E-state index in [-0.39, 0.29) is 19.4 Å². The van der Waals surface area contributed by atoms with Crippen molar-refractivity contribution >= 4 is 5.97 Å². The van der Waals surface area contributed by atoms with Gasteiger partial charge in [-0.15, -0.1) is 0 Å². The van der Waals surface area contributed by atoms with Crippen LogP contribution in [0.5, 0.6) is 11.5 Å². The van der Waals surface area contributed by atoms with E-state index in [1.54, 1.807) is 11.6 Å². The molecule has 4 nitrogen and oxygen atoms in total. The van der Waals surface area contributed by atoms with Gasteiger partial charge in [-0.2, -0.15) is 0 Å². The van der Waals surface area contributed by atoms with E-state index in [1.807, 2.05) is 12.1 Å². The summed E-state index contributed by atoms with van der Waals surface area (Å²) >= 11 is 0. The fourth-order valence-electron chi connectivity index (χ4n) is 2.63. The van der Waals surface area contributed by atoms with Crippen LogP contribution >= 0.6 is 0 Å². The summed E-state index contributed by atoms with van der Waals surface area (Å²) in [4.78, 5) is 10.6. The fraction of sp³-hybridized carbons (Fsp3) is 0.450. The quantitative estimate of drug-likeness (QED) is 0.590. The summed E-state index contributed by atoms with van der Waals surface area (Å²) in [5.74, 6) is 1.91. The van der Waals surface area contributed by atoms with Crippen LogP contribution in [-0.2, 0) is 16.1 Å². The maximum atomic E-state index is 10.6. The van der Waals surface area contributed by atoms with Crippen LogP contribution in [0.25, 0.3) is 0 Å². The molecule has 0 amide bonds. The highest BCUT2D eigenvalue weighted by Crippen LogP contribution is 2.32. The first kappa shape index (κ1) is 18.1. The minimum absolute atomic E-state index is 0.256. The maximum absolute atomic E-state index is 10.6. The van der Waals surface area contributed by atoms with Crippen LogP contribution in [0, 0.1) is 5.92 Å². The van der Waals surface area contributed by atoms with E-state index in [2.05, 4.69) is 26.5 Å². The van der Waals surface area contributed by atoms with Crippen LogP contribution in [0.15, 0.2) is 42.0 Å². The van der Waals surface area contributed by atoms with Crippen LogP contribution in [0.1, 0.15) is 45.6 Å². The third-order valence-corrected chi connectivity index (χ3v) is 4.21. The van der Waals surface area contributed by atoms with Crippen LogP contribution in [-0.4, -0.2) is 12.8 Å². The Balaban J connectivity index is 0.000000185. The SMILES string of the molecule is C=C(C)C1CC=C(C)CC1.CC(=O)OCc1ccc2c(c1)OCO2. The van der Waals surface area contributed by atoms with Crippen molar-refractivity contribution in [3.63, 3.8) is 0 Å². The lowest BCUT2D eigenvalue weighted by Crippen LogP contribution is -2.04. The monoisotopic (exact) mass is 330 g/mol. The van der Waals surface area contributed by atoms with Gasteiger partial charge in [0, 0.05) is 6.92 Å². The third-order valence-electron chi connectivity index (χ3n) is 4.21. The highest BCUT2D eigenvalue weighted by Gasteiger charge is 2.13. The van der Waals surface area contributed by atoms with Gasteiger partial charge in [0.05, 0.1) is 0 Å². The lowest BCUT2D eigenvalue weighted by molar-refractivity contribution is -0.142.